The van der Waals surface area contributed by atoms with Crippen LogP contribution in [0.15, 0.2) is 170 Å². The Morgan fingerprint density at radius 2 is 0.923 bits per heavy atom. The highest BCUT2D eigenvalue weighted by molar-refractivity contribution is 7.79. The van der Waals surface area contributed by atoms with E-state index in [4.69, 9.17) is 0 Å². The van der Waals surface area contributed by atoms with Gasteiger partial charge in [0.1, 0.15) is 0 Å². The second-order valence-corrected chi connectivity index (χ2v) is 14.2. The number of hydrogen-bond donors (Lipinski definition) is 2. The molecule has 9 aromatic carbocycles. The van der Waals surface area contributed by atoms with Crippen molar-refractivity contribution in [1.82, 2.24) is 0 Å². The molecule has 0 fully saturated rings. The van der Waals surface area contributed by atoms with Crippen molar-refractivity contribution in [3.63, 3.8) is 0 Å². The SMILES string of the molecule is CC1(C)c2ccccc2-c2cc3c(-c4ccc5ccccc5c4)c4ccc(Nc5ccccc5)cc4c(-c4ccc5ccccc5c4)c3cc21.CS. The zero-order valence-corrected chi connectivity index (χ0v) is 30.5. The fourth-order valence-corrected chi connectivity index (χ4v) is 8.50. The lowest BCUT2D eigenvalue weighted by molar-refractivity contribution is 0.661. The van der Waals surface area contributed by atoms with Gasteiger partial charge < -0.3 is 5.32 Å². The molecule has 52 heavy (non-hydrogen) atoms. The molecule has 1 aliphatic carbocycles. The monoisotopic (exact) mass is 685 g/mol. The van der Waals surface area contributed by atoms with Crippen molar-refractivity contribution in [3.8, 4) is 33.4 Å². The smallest absolute Gasteiger partial charge is 0.0390 e. The third kappa shape index (κ3) is 5.17. The summed E-state index contributed by atoms with van der Waals surface area (Å²) in [6.45, 7) is 4.76. The van der Waals surface area contributed by atoms with Crippen molar-refractivity contribution in [2.45, 2.75) is 19.3 Å². The van der Waals surface area contributed by atoms with E-state index >= 15 is 0 Å². The Morgan fingerprint density at radius 3 is 1.60 bits per heavy atom. The zero-order valence-electron chi connectivity index (χ0n) is 29.6. The summed E-state index contributed by atoms with van der Waals surface area (Å²) in [6.07, 6.45) is 1.69. The Hall–Kier alpha value is -5.83. The van der Waals surface area contributed by atoms with Crippen molar-refractivity contribution >= 4 is 67.1 Å². The molecule has 0 unspecified atom stereocenters. The molecule has 0 spiro atoms. The first-order valence-corrected chi connectivity index (χ1v) is 18.9. The largest absolute Gasteiger partial charge is 0.356 e. The third-order valence-electron chi connectivity index (χ3n) is 11.0. The average molecular weight is 686 g/mol. The first-order chi connectivity index (χ1) is 25.5. The van der Waals surface area contributed by atoms with Gasteiger partial charge in [0.25, 0.3) is 0 Å². The quantitative estimate of drug-likeness (QED) is 0.139. The molecular weight excluding hydrogens is 647 g/mol. The zero-order chi connectivity index (χ0) is 35.4. The third-order valence-corrected chi connectivity index (χ3v) is 11.0. The van der Waals surface area contributed by atoms with Crippen molar-refractivity contribution in [2.24, 2.45) is 0 Å². The summed E-state index contributed by atoms with van der Waals surface area (Å²) in [5, 5.41) is 13.8. The molecule has 0 aliphatic heterocycles. The molecule has 0 bridgehead atoms. The molecule has 1 aliphatic rings. The molecule has 0 saturated carbocycles. The van der Waals surface area contributed by atoms with E-state index in [2.05, 4.69) is 202 Å². The molecule has 10 rings (SSSR count). The van der Waals surface area contributed by atoms with Crippen LogP contribution < -0.4 is 5.32 Å². The topological polar surface area (TPSA) is 12.0 Å². The van der Waals surface area contributed by atoms with Gasteiger partial charge in [0.05, 0.1) is 0 Å². The molecule has 1 N–H and O–H groups in total. The standard InChI is InChI=1S/C49H35N.CH4S/c1-49(2)45-19-11-10-18-39(45)41-29-43-44(30-46(41)49)48(36-23-21-32-13-7-9-15-34(32)27-36)42-28-38(50-37-16-4-3-5-17-37)24-25-40(42)47(43)35-22-20-31-12-6-8-14-33(31)26-35;1-2/h3-30,50H,1-2H3;2H,1H3. The van der Waals surface area contributed by atoms with Gasteiger partial charge in [0.2, 0.25) is 0 Å². The summed E-state index contributed by atoms with van der Waals surface area (Å²) in [5.41, 5.74) is 12.5. The maximum Gasteiger partial charge on any atom is 0.0390 e. The summed E-state index contributed by atoms with van der Waals surface area (Å²) in [6, 6.07) is 62.7. The summed E-state index contributed by atoms with van der Waals surface area (Å²) in [5.74, 6) is 0. The Kier molecular flexibility index (Phi) is 7.87. The highest BCUT2D eigenvalue weighted by Gasteiger charge is 2.36. The van der Waals surface area contributed by atoms with Gasteiger partial charge in [-0.3, -0.25) is 0 Å². The summed E-state index contributed by atoms with van der Waals surface area (Å²) < 4.78 is 0. The minimum Gasteiger partial charge on any atom is -0.356 e. The number of hydrogen-bond acceptors (Lipinski definition) is 2. The lowest BCUT2D eigenvalue weighted by Crippen LogP contribution is -2.14. The Bertz CT molecular complexity index is 2810. The van der Waals surface area contributed by atoms with Crippen LogP contribution in [-0.2, 0) is 5.41 Å². The maximum atomic E-state index is 3.70. The van der Waals surface area contributed by atoms with E-state index in [1.54, 1.807) is 6.26 Å². The summed E-state index contributed by atoms with van der Waals surface area (Å²) in [7, 11) is 0. The number of fused-ring (bicyclic) bond motifs is 7. The van der Waals surface area contributed by atoms with E-state index < -0.39 is 0 Å². The Morgan fingerprint density at radius 1 is 0.385 bits per heavy atom. The van der Waals surface area contributed by atoms with Gasteiger partial charge in [-0.2, -0.15) is 12.6 Å². The van der Waals surface area contributed by atoms with Gasteiger partial charge >= 0.3 is 0 Å². The predicted octanol–water partition coefficient (Wildman–Crippen LogP) is 14.2. The van der Waals surface area contributed by atoms with Crippen LogP contribution in [0.2, 0.25) is 0 Å². The average Bonchev–Trinajstić information content (AvgIpc) is 3.42. The lowest BCUT2D eigenvalue weighted by Gasteiger charge is -2.24. The summed E-state index contributed by atoms with van der Waals surface area (Å²) in [4.78, 5) is 0. The van der Waals surface area contributed by atoms with E-state index in [1.807, 2.05) is 0 Å². The van der Waals surface area contributed by atoms with Crippen LogP contribution in [0.1, 0.15) is 25.0 Å². The van der Waals surface area contributed by atoms with Crippen LogP contribution in [0, 0.1) is 0 Å². The second-order valence-electron chi connectivity index (χ2n) is 14.2. The minimum absolute atomic E-state index is 0.116. The van der Waals surface area contributed by atoms with Crippen LogP contribution in [0.5, 0.6) is 0 Å². The number of thiol groups is 1. The number of rotatable bonds is 4. The van der Waals surface area contributed by atoms with E-state index in [0.717, 1.165) is 11.4 Å². The molecule has 0 atom stereocenters. The lowest BCUT2D eigenvalue weighted by atomic mass is 9.79. The molecule has 0 radical (unpaired) electrons. The van der Waals surface area contributed by atoms with Crippen molar-refractivity contribution in [1.29, 1.82) is 0 Å². The molecular formula is C50H39NS. The molecule has 0 heterocycles. The van der Waals surface area contributed by atoms with Crippen LogP contribution in [0.4, 0.5) is 11.4 Å². The normalized spacial score (nSPS) is 12.8. The molecule has 250 valence electrons. The van der Waals surface area contributed by atoms with Crippen LogP contribution in [0.3, 0.4) is 0 Å². The fourth-order valence-electron chi connectivity index (χ4n) is 8.50. The second kappa shape index (κ2) is 12.7. The minimum atomic E-state index is -0.116. The van der Waals surface area contributed by atoms with Crippen molar-refractivity contribution in [2.75, 3.05) is 11.6 Å². The molecule has 9 aromatic rings. The molecule has 0 amide bonds. The number of anilines is 2. The van der Waals surface area contributed by atoms with Crippen LogP contribution in [-0.4, -0.2) is 6.26 Å². The van der Waals surface area contributed by atoms with E-state index in [0.29, 0.717) is 0 Å². The van der Waals surface area contributed by atoms with E-state index in [9.17, 15) is 0 Å². The van der Waals surface area contributed by atoms with Gasteiger partial charge in [0, 0.05) is 16.8 Å². The highest BCUT2D eigenvalue weighted by Crippen LogP contribution is 2.53. The molecule has 0 aromatic heterocycles. The van der Waals surface area contributed by atoms with Gasteiger partial charge in [-0.05, 0) is 142 Å². The summed E-state index contributed by atoms with van der Waals surface area (Å²) >= 11 is 3.53. The van der Waals surface area contributed by atoms with Gasteiger partial charge in [-0.1, -0.05) is 135 Å². The van der Waals surface area contributed by atoms with Gasteiger partial charge in [0.15, 0.2) is 0 Å². The molecule has 0 saturated heterocycles. The Labute approximate surface area is 311 Å². The highest BCUT2D eigenvalue weighted by atomic mass is 32.1. The molecule has 1 nitrogen and oxygen atoms in total. The molecule has 2 heteroatoms. The predicted molar refractivity (Wildman–Crippen MR) is 230 cm³/mol. The maximum absolute atomic E-state index is 3.70. The Balaban J connectivity index is 0.00000177. The van der Waals surface area contributed by atoms with Gasteiger partial charge in [-0.15, -0.1) is 0 Å². The van der Waals surface area contributed by atoms with E-state index in [1.165, 1.54) is 87.6 Å². The van der Waals surface area contributed by atoms with Gasteiger partial charge in [-0.25, -0.2) is 0 Å². The van der Waals surface area contributed by atoms with E-state index in [-0.39, 0.29) is 5.41 Å². The van der Waals surface area contributed by atoms with Crippen LogP contribution in [0.25, 0.3) is 76.5 Å². The van der Waals surface area contributed by atoms with Crippen LogP contribution >= 0.6 is 12.6 Å². The first kappa shape index (κ1) is 32.1. The fraction of sp³-hybridized carbons (Fsp3) is 0.0800. The van der Waals surface area contributed by atoms with Crippen molar-refractivity contribution < 1.29 is 0 Å². The number of nitrogens with one attached hydrogen (secondary N) is 1. The number of benzene rings is 9. The van der Waals surface area contributed by atoms with Crippen molar-refractivity contribution in [3.05, 3.63) is 181 Å². The number of para-hydroxylation sites is 1. The first-order valence-electron chi connectivity index (χ1n) is 18.0.